The van der Waals surface area contributed by atoms with E-state index in [4.69, 9.17) is 9.47 Å². The van der Waals surface area contributed by atoms with E-state index in [-0.39, 0.29) is 11.4 Å². The van der Waals surface area contributed by atoms with Gasteiger partial charge >= 0.3 is 5.97 Å². The van der Waals surface area contributed by atoms with E-state index in [1.807, 2.05) is 18.2 Å². The summed E-state index contributed by atoms with van der Waals surface area (Å²) in [5.41, 5.74) is 0.571. The lowest BCUT2D eigenvalue weighted by Gasteiger charge is -2.09. The molecule has 2 rings (SSSR count). The van der Waals surface area contributed by atoms with Gasteiger partial charge in [-0.1, -0.05) is 25.1 Å². The number of benzene rings is 1. The topological polar surface area (TPSA) is 35.5 Å². The predicted molar refractivity (Wildman–Crippen MR) is 63.5 cm³/mol. The third kappa shape index (κ3) is 3.00. The van der Waals surface area contributed by atoms with E-state index in [9.17, 15) is 4.79 Å². The van der Waals surface area contributed by atoms with E-state index in [2.05, 4.69) is 6.92 Å². The first-order chi connectivity index (χ1) is 7.75. The number of rotatable bonds is 3. The van der Waals surface area contributed by atoms with Crippen molar-refractivity contribution in [3.63, 3.8) is 0 Å². The molecule has 0 unspecified atom stereocenters. The standard InChI is InChI=1S/C12H14O3S/c1-9-7-14-11(16-9)8-15-12(13)10-5-3-2-4-6-10/h2-6,9,11H,7-8H2,1H3/t9-,11+/m0/s1. The molecule has 3 nitrogen and oxygen atoms in total. The Morgan fingerprint density at radius 1 is 1.50 bits per heavy atom. The Bertz CT molecular complexity index is 353. The molecule has 1 aliphatic heterocycles. The summed E-state index contributed by atoms with van der Waals surface area (Å²) in [5.74, 6) is -0.288. The van der Waals surface area contributed by atoms with E-state index >= 15 is 0 Å². The normalized spacial score (nSPS) is 24.3. The van der Waals surface area contributed by atoms with Gasteiger partial charge in [-0.2, -0.15) is 0 Å². The molecular formula is C12H14O3S. The highest BCUT2D eigenvalue weighted by molar-refractivity contribution is 8.00. The second-order valence-electron chi connectivity index (χ2n) is 3.67. The quantitative estimate of drug-likeness (QED) is 0.757. The van der Waals surface area contributed by atoms with Gasteiger partial charge in [-0.05, 0) is 12.1 Å². The number of esters is 1. The van der Waals surface area contributed by atoms with Gasteiger partial charge in [0.25, 0.3) is 0 Å². The van der Waals surface area contributed by atoms with Gasteiger partial charge in [-0.3, -0.25) is 0 Å². The van der Waals surface area contributed by atoms with Crippen molar-refractivity contribution < 1.29 is 14.3 Å². The molecule has 1 saturated heterocycles. The van der Waals surface area contributed by atoms with Crippen LogP contribution in [0.3, 0.4) is 0 Å². The zero-order valence-corrected chi connectivity index (χ0v) is 9.91. The molecule has 1 aliphatic rings. The lowest BCUT2D eigenvalue weighted by atomic mass is 10.2. The first-order valence-electron chi connectivity index (χ1n) is 5.25. The van der Waals surface area contributed by atoms with Gasteiger partial charge in [0.15, 0.2) is 0 Å². The van der Waals surface area contributed by atoms with Crippen LogP contribution in [-0.4, -0.2) is 29.9 Å². The highest BCUT2D eigenvalue weighted by Crippen LogP contribution is 2.26. The Labute approximate surface area is 99.1 Å². The van der Waals surface area contributed by atoms with Crippen LogP contribution >= 0.6 is 11.8 Å². The van der Waals surface area contributed by atoms with Crippen molar-refractivity contribution >= 4 is 17.7 Å². The summed E-state index contributed by atoms with van der Waals surface area (Å²) < 4.78 is 10.6. The minimum absolute atomic E-state index is 0.0114. The average molecular weight is 238 g/mol. The third-order valence-corrected chi connectivity index (χ3v) is 3.44. The molecule has 0 radical (unpaired) electrons. The summed E-state index contributed by atoms with van der Waals surface area (Å²) in [6.07, 6.45) is 0. The van der Waals surface area contributed by atoms with Gasteiger partial charge in [-0.15, -0.1) is 11.8 Å². The van der Waals surface area contributed by atoms with E-state index in [0.29, 0.717) is 17.4 Å². The maximum absolute atomic E-state index is 11.6. The Balaban J connectivity index is 1.80. The van der Waals surface area contributed by atoms with Crippen LogP contribution in [0, 0.1) is 0 Å². The van der Waals surface area contributed by atoms with E-state index < -0.39 is 0 Å². The van der Waals surface area contributed by atoms with Gasteiger partial charge in [0.05, 0.1) is 12.2 Å². The first kappa shape index (κ1) is 11.5. The van der Waals surface area contributed by atoms with Crippen LogP contribution in [0.1, 0.15) is 17.3 Å². The summed E-state index contributed by atoms with van der Waals surface area (Å²) in [6, 6.07) is 8.99. The summed E-state index contributed by atoms with van der Waals surface area (Å²) in [6.45, 7) is 3.16. The molecule has 1 heterocycles. The minimum Gasteiger partial charge on any atom is -0.458 e. The number of hydrogen-bond acceptors (Lipinski definition) is 4. The number of hydrogen-bond donors (Lipinski definition) is 0. The molecule has 0 saturated carbocycles. The smallest absolute Gasteiger partial charge is 0.338 e. The fraction of sp³-hybridized carbons (Fsp3) is 0.417. The van der Waals surface area contributed by atoms with Crippen LogP contribution < -0.4 is 0 Å². The molecule has 0 aliphatic carbocycles. The first-order valence-corrected chi connectivity index (χ1v) is 6.19. The van der Waals surface area contributed by atoms with Crippen LogP contribution in [0.2, 0.25) is 0 Å². The van der Waals surface area contributed by atoms with Crippen molar-refractivity contribution in [2.24, 2.45) is 0 Å². The molecular weight excluding hydrogens is 224 g/mol. The highest BCUT2D eigenvalue weighted by Gasteiger charge is 2.23. The van der Waals surface area contributed by atoms with E-state index in [1.165, 1.54) is 0 Å². The summed E-state index contributed by atoms with van der Waals surface area (Å²) in [4.78, 5) is 11.6. The van der Waals surface area contributed by atoms with Crippen LogP contribution in [-0.2, 0) is 9.47 Å². The molecule has 16 heavy (non-hydrogen) atoms. The fourth-order valence-corrected chi connectivity index (χ4v) is 2.45. The molecule has 1 aromatic carbocycles. The van der Waals surface area contributed by atoms with Gasteiger partial charge in [0.2, 0.25) is 0 Å². The molecule has 0 N–H and O–H groups in total. The summed E-state index contributed by atoms with van der Waals surface area (Å²) >= 11 is 1.70. The van der Waals surface area contributed by atoms with Gasteiger partial charge in [-0.25, -0.2) is 4.79 Å². The average Bonchev–Trinajstić information content (AvgIpc) is 2.73. The SMILES string of the molecule is C[C@H]1CO[C@@H](COC(=O)c2ccccc2)S1. The molecule has 86 valence electrons. The maximum atomic E-state index is 11.6. The number of thioether (sulfide) groups is 1. The molecule has 2 atom stereocenters. The zero-order chi connectivity index (χ0) is 11.4. The fourth-order valence-electron chi connectivity index (χ4n) is 1.47. The van der Waals surface area contributed by atoms with Crippen LogP contribution in [0.4, 0.5) is 0 Å². The number of carbonyl (C=O) groups excluding carboxylic acids is 1. The van der Waals surface area contributed by atoms with Crippen molar-refractivity contribution in [1.82, 2.24) is 0 Å². The Morgan fingerprint density at radius 3 is 2.88 bits per heavy atom. The summed E-state index contributed by atoms with van der Waals surface area (Å²) in [5, 5.41) is 0.487. The van der Waals surface area contributed by atoms with Crippen molar-refractivity contribution in [1.29, 1.82) is 0 Å². The van der Waals surface area contributed by atoms with Crippen LogP contribution in [0.25, 0.3) is 0 Å². The van der Waals surface area contributed by atoms with Gasteiger partial charge < -0.3 is 9.47 Å². The molecule has 0 bridgehead atoms. The minimum atomic E-state index is -0.288. The largest absolute Gasteiger partial charge is 0.458 e. The van der Waals surface area contributed by atoms with Gasteiger partial charge in [0.1, 0.15) is 12.0 Å². The second kappa shape index (κ2) is 5.37. The molecule has 0 amide bonds. The molecule has 4 heteroatoms. The lowest BCUT2D eigenvalue weighted by Crippen LogP contribution is -2.15. The number of carbonyl (C=O) groups is 1. The highest BCUT2D eigenvalue weighted by atomic mass is 32.2. The third-order valence-electron chi connectivity index (χ3n) is 2.26. The Kier molecular flexibility index (Phi) is 3.85. The monoisotopic (exact) mass is 238 g/mol. The van der Waals surface area contributed by atoms with Crippen molar-refractivity contribution in [2.75, 3.05) is 13.2 Å². The van der Waals surface area contributed by atoms with Crippen LogP contribution in [0.5, 0.6) is 0 Å². The van der Waals surface area contributed by atoms with Crippen molar-refractivity contribution in [3.05, 3.63) is 35.9 Å². The van der Waals surface area contributed by atoms with Crippen LogP contribution in [0.15, 0.2) is 30.3 Å². The van der Waals surface area contributed by atoms with Gasteiger partial charge in [0, 0.05) is 5.25 Å². The summed E-state index contributed by atoms with van der Waals surface area (Å²) in [7, 11) is 0. The maximum Gasteiger partial charge on any atom is 0.338 e. The second-order valence-corrected chi connectivity index (χ2v) is 5.28. The van der Waals surface area contributed by atoms with E-state index in [1.54, 1.807) is 23.9 Å². The molecule has 1 aromatic rings. The Hall–Kier alpha value is -1.00. The molecule has 1 fully saturated rings. The Morgan fingerprint density at radius 2 is 2.25 bits per heavy atom. The zero-order valence-electron chi connectivity index (χ0n) is 9.09. The number of ether oxygens (including phenoxy) is 2. The molecule has 0 spiro atoms. The van der Waals surface area contributed by atoms with Crippen molar-refractivity contribution in [3.8, 4) is 0 Å². The van der Waals surface area contributed by atoms with E-state index in [0.717, 1.165) is 6.61 Å². The predicted octanol–water partition coefficient (Wildman–Crippen LogP) is 2.32. The lowest BCUT2D eigenvalue weighted by molar-refractivity contribution is 0.0287. The molecule has 0 aromatic heterocycles. The van der Waals surface area contributed by atoms with Crippen molar-refractivity contribution in [2.45, 2.75) is 17.6 Å².